The molecule has 2 rings (SSSR count). The van der Waals surface area contributed by atoms with Crippen LogP contribution in [0.5, 0.6) is 0 Å². The molecule has 1 aromatic carbocycles. The second-order valence-electron chi connectivity index (χ2n) is 3.50. The Labute approximate surface area is 110 Å². The number of rotatable bonds is 2. The van der Waals surface area contributed by atoms with Crippen LogP contribution >= 0.6 is 11.6 Å². The maximum absolute atomic E-state index is 13.4. The lowest BCUT2D eigenvalue weighted by Gasteiger charge is -2.07. The Bertz CT molecular complexity index is 659. The Morgan fingerprint density at radius 3 is 2.63 bits per heavy atom. The molecule has 0 aliphatic heterocycles. The van der Waals surface area contributed by atoms with Crippen LogP contribution in [0.4, 0.5) is 14.5 Å². The molecule has 8 heteroatoms. The van der Waals surface area contributed by atoms with Crippen LogP contribution in [-0.2, 0) is 0 Å². The Morgan fingerprint density at radius 1 is 1.32 bits per heavy atom. The molecule has 19 heavy (non-hydrogen) atoms. The molecule has 1 heterocycles. The maximum atomic E-state index is 13.4. The fraction of sp³-hybridized carbons (Fsp3) is 0. The second kappa shape index (κ2) is 5.15. The first kappa shape index (κ1) is 13.2. The molecule has 98 valence electrons. The number of anilines is 1. The number of nitrogens with one attached hydrogen (secondary N) is 2. The van der Waals surface area contributed by atoms with Crippen LogP contribution in [0.2, 0.25) is 5.02 Å². The van der Waals surface area contributed by atoms with Gasteiger partial charge in [-0.05, 0) is 12.1 Å². The van der Waals surface area contributed by atoms with Crippen LogP contribution in [0.25, 0.3) is 0 Å². The van der Waals surface area contributed by atoms with Crippen molar-refractivity contribution in [1.82, 2.24) is 10.2 Å². The van der Waals surface area contributed by atoms with Crippen molar-refractivity contribution in [2.24, 2.45) is 0 Å². The predicted molar refractivity (Wildman–Crippen MR) is 64.2 cm³/mol. The summed E-state index contributed by atoms with van der Waals surface area (Å²) in [5, 5.41) is 7.38. The highest BCUT2D eigenvalue weighted by molar-refractivity contribution is 6.33. The molecular weight excluding hydrogens is 280 g/mol. The van der Waals surface area contributed by atoms with E-state index in [0.717, 1.165) is 18.2 Å². The number of aromatic amines is 1. The van der Waals surface area contributed by atoms with E-state index in [4.69, 9.17) is 11.6 Å². The number of hydrogen-bond acceptors (Lipinski definition) is 3. The molecule has 5 nitrogen and oxygen atoms in total. The Morgan fingerprint density at radius 2 is 2.05 bits per heavy atom. The molecule has 0 saturated carbocycles. The summed E-state index contributed by atoms with van der Waals surface area (Å²) in [6, 6.07) is 3.69. The minimum atomic E-state index is -1.01. The van der Waals surface area contributed by atoms with Gasteiger partial charge in [-0.1, -0.05) is 11.6 Å². The first-order valence-electron chi connectivity index (χ1n) is 4.99. The summed E-state index contributed by atoms with van der Waals surface area (Å²) < 4.78 is 26.3. The van der Waals surface area contributed by atoms with Gasteiger partial charge >= 0.3 is 0 Å². The van der Waals surface area contributed by atoms with E-state index in [9.17, 15) is 18.4 Å². The molecule has 0 unspecified atom stereocenters. The zero-order valence-corrected chi connectivity index (χ0v) is 9.96. The van der Waals surface area contributed by atoms with Crippen LogP contribution in [0.15, 0.2) is 29.1 Å². The van der Waals surface area contributed by atoms with Crippen LogP contribution in [0, 0.1) is 11.6 Å². The van der Waals surface area contributed by atoms with Crippen LogP contribution in [-0.4, -0.2) is 16.1 Å². The molecule has 1 amide bonds. The van der Waals surface area contributed by atoms with Gasteiger partial charge in [0.2, 0.25) is 0 Å². The molecule has 2 aromatic rings. The third kappa shape index (κ3) is 2.94. The smallest absolute Gasteiger partial charge is 0.276 e. The van der Waals surface area contributed by atoms with Crippen molar-refractivity contribution < 1.29 is 13.6 Å². The van der Waals surface area contributed by atoms with Gasteiger partial charge in [-0.3, -0.25) is 9.59 Å². The first-order chi connectivity index (χ1) is 8.97. The van der Waals surface area contributed by atoms with Crippen molar-refractivity contribution in [3.63, 3.8) is 0 Å². The number of aromatic nitrogens is 2. The lowest BCUT2D eigenvalue weighted by atomic mass is 10.2. The molecule has 0 atom stereocenters. The molecular formula is C11H6ClF2N3O2. The van der Waals surface area contributed by atoms with E-state index in [1.807, 2.05) is 0 Å². The summed E-state index contributed by atoms with van der Waals surface area (Å²) in [6.45, 7) is 0. The van der Waals surface area contributed by atoms with E-state index in [0.29, 0.717) is 6.07 Å². The average molecular weight is 286 g/mol. The molecule has 0 aliphatic rings. The lowest BCUT2D eigenvalue weighted by Crippen LogP contribution is -2.18. The zero-order valence-electron chi connectivity index (χ0n) is 9.21. The quantitative estimate of drug-likeness (QED) is 0.885. The fourth-order valence-electron chi connectivity index (χ4n) is 1.31. The molecule has 0 radical (unpaired) electrons. The molecule has 2 N–H and O–H groups in total. The van der Waals surface area contributed by atoms with Gasteiger partial charge in [0.15, 0.2) is 5.82 Å². The van der Waals surface area contributed by atoms with E-state index in [1.54, 1.807) is 0 Å². The van der Waals surface area contributed by atoms with Gasteiger partial charge in [-0.15, -0.1) is 0 Å². The minimum absolute atomic E-state index is 0.139. The maximum Gasteiger partial charge on any atom is 0.276 e. The van der Waals surface area contributed by atoms with Crippen molar-refractivity contribution in [1.29, 1.82) is 0 Å². The van der Waals surface area contributed by atoms with Gasteiger partial charge in [0.1, 0.15) is 11.5 Å². The highest BCUT2D eigenvalue weighted by Crippen LogP contribution is 2.26. The normalized spacial score (nSPS) is 10.3. The standard InChI is InChI=1S/C11H6ClF2N3O2/c12-6-3-5(13)4-7(14)10(6)15-11(19)8-1-2-9(18)17-16-8/h1-4H,(H,15,19)(H,17,18). The molecule has 0 fully saturated rings. The van der Waals surface area contributed by atoms with Gasteiger partial charge in [0, 0.05) is 12.1 Å². The predicted octanol–water partition coefficient (Wildman–Crippen LogP) is 1.95. The van der Waals surface area contributed by atoms with Crippen molar-refractivity contribution in [2.75, 3.05) is 5.32 Å². The molecule has 0 spiro atoms. The van der Waals surface area contributed by atoms with Gasteiger partial charge in [-0.2, -0.15) is 5.10 Å². The average Bonchev–Trinajstić information content (AvgIpc) is 2.34. The first-order valence-corrected chi connectivity index (χ1v) is 5.37. The number of amides is 1. The third-order valence-electron chi connectivity index (χ3n) is 2.16. The Balaban J connectivity index is 2.29. The number of carbonyl (C=O) groups excluding carboxylic acids is 1. The van der Waals surface area contributed by atoms with Gasteiger partial charge in [0.05, 0.1) is 10.7 Å². The molecule has 0 aliphatic carbocycles. The number of nitrogens with zero attached hydrogens (tertiary/aromatic N) is 1. The van der Waals surface area contributed by atoms with Crippen LogP contribution in [0.1, 0.15) is 10.5 Å². The van der Waals surface area contributed by atoms with Crippen molar-refractivity contribution in [3.8, 4) is 0 Å². The molecule has 0 bridgehead atoms. The summed E-state index contributed by atoms with van der Waals surface area (Å²) >= 11 is 5.62. The van der Waals surface area contributed by atoms with Crippen LogP contribution in [0.3, 0.4) is 0 Å². The highest BCUT2D eigenvalue weighted by Gasteiger charge is 2.15. The monoisotopic (exact) mass is 285 g/mol. The molecule has 1 aromatic heterocycles. The number of carbonyl (C=O) groups is 1. The summed E-state index contributed by atoms with van der Waals surface area (Å²) in [5.41, 5.74) is -0.983. The van der Waals surface area contributed by atoms with Gasteiger partial charge < -0.3 is 5.32 Å². The number of benzene rings is 1. The summed E-state index contributed by atoms with van der Waals surface area (Å²) in [4.78, 5) is 22.5. The van der Waals surface area contributed by atoms with E-state index >= 15 is 0 Å². The summed E-state index contributed by atoms with van der Waals surface area (Å²) in [5.74, 6) is -2.66. The second-order valence-corrected chi connectivity index (χ2v) is 3.91. The Kier molecular flexibility index (Phi) is 3.57. The van der Waals surface area contributed by atoms with Crippen molar-refractivity contribution >= 4 is 23.2 Å². The van der Waals surface area contributed by atoms with Crippen LogP contribution < -0.4 is 10.9 Å². The van der Waals surface area contributed by atoms with E-state index in [1.165, 1.54) is 0 Å². The number of halogens is 3. The fourth-order valence-corrected chi connectivity index (χ4v) is 1.55. The van der Waals surface area contributed by atoms with Crippen molar-refractivity contribution in [2.45, 2.75) is 0 Å². The number of H-pyrrole nitrogens is 1. The zero-order chi connectivity index (χ0) is 14.0. The summed E-state index contributed by atoms with van der Waals surface area (Å²) in [6.07, 6.45) is 0. The van der Waals surface area contributed by atoms with E-state index in [2.05, 4.69) is 15.5 Å². The summed E-state index contributed by atoms with van der Waals surface area (Å²) in [7, 11) is 0. The molecule has 0 saturated heterocycles. The van der Waals surface area contributed by atoms with Gasteiger partial charge in [0.25, 0.3) is 11.5 Å². The van der Waals surface area contributed by atoms with E-state index < -0.39 is 23.1 Å². The Hall–Kier alpha value is -2.28. The highest BCUT2D eigenvalue weighted by atomic mass is 35.5. The largest absolute Gasteiger partial charge is 0.317 e. The van der Waals surface area contributed by atoms with Gasteiger partial charge in [-0.25, -0.2) is 13.9 Å². The SMILES string of the molecule is O=C(Nc1c(F)cc(F)cc1Cl)c1ccc(=O)[nH]n1. The van der Waals surface area contributed by atoms with E-state index in [-0.39, 0.29) is 16.4 Å². The number of hydrogen-bond donors (Lipinski definition) is 2. The minimum Gasteiger partial charge on any atom is -0.317 e. The topological polar surface area (TPSA) is 74.8 Å². The third-order valence-corrected chi connectivity index (χ3v) is 2.46. The lowest BCUT2D eigenvalue weighted by molar-refractivity contribution is 0.102. The van der Waals surface area contributed by atoms with Crippen molar-refractivity contribution in [3.05, 3.63) is 57.0 Å².